The summed E-state index contributed by atoms with van der Waals surface area (Å²) in [6.45, 7) is 4.90. The molecule has 4 saturated heterocycles. The number of likely N-dealkylation sites (tertiary alicyclic amines) is 1. The van der Waals surface area contributed by atoms with Crippen LogP contribution in [-0.4, -0.2) is 366 Å². The zero-order valence-corrected chi connectivity index (χ0v) is 78.2. The van der Waals surface area contributed by atoms with Crippen molar-refractivity contribution in [3.8, 4) is 0 Å². The van der Waals surface area contributed by atoms with Crippen molar-refractivity contribution < 1.29 is 150 Å². The Morgan fingerprint density at radius 3 is 1.34 bits per heavy atom. The topological polar surface area (TPSA) is 602 Å². The molecule has 0 radical (unpaired) electrons. The van der Waals surface area contributed by atoms with Gasteiger partial charge in [-0.1, -0.05) is 93.8 Å². The molecule has 5 aliphatic rings. The van der Waals surface area contributed by atoms with Gasteiger partial charge in [0.25, 0.3) is 0 Å². The van der Waals surface area contributed by atoms with Crippen molar-refractivity contribution in [2.24, 2.45) is 17.5 Å². The number of ether oxygens (including phenoxy) is 11. The predicted octanol–water partition coefficient (Wildman–Crippen LogP) is -0.895. The number of nitrogens with one attached hydrogen (secondary N) is 7. The first-order valence-corrected chi connectivity index (χ1v) is 47.6. The van der Waals surface area contributed by atoms with Crippen LogP contribution >= 0.6 is 8.25 Å². The number of fused-ring (bicyclic) bond motifs is 2. The minimum absolute atomic E-state index is 0.0890. The first-order valence-electron chi connectivity index (χ1n) is 46.5. The summed E-state index contributed by atoms with van der Waals surface area (Å²) >= 11 is 0. The number of carbonyl (C=O) groups excluding carboxylic acids is 8. The van der Waals surface area contributed by atoms with Crippen molar-refractivity contribution in [1.82, 2.24) is 47.1 Å². The number of hydrogen-bond acceptors (Lipinski definition) is 35. The number of nitrogens with zero attached hydrogens (tertiary/aromatic N) is 3. The van der Waals surface area contributed by atoms with Gasteiger partial charge < -0.3 is 156 Å². The molecular formula is C89H148N12O31P+. The van der Waals surface area contributed by atoms with E-state index in [1.54, 1.807) is 9.91 Å². The first-order chi connectivity index (χ1) is 64.1. The smallest absolute Gasteiger partial charge is 0.396 e. The molecule has 4 fully saturated rings. The van der Waals surface area contributed by atoms with Crippen LogP contribution in [0.1, 0.15) is 172 Å². The molecule has 0 aliphatic carbocycles. The molecule has 20 N–H and O–H groups in total. The average molecular weight is 1910 g/mol. The van der Waals surface area contributed by atoms with Gasteiger partial charge in [-0.3, -0.25) is 38.4 Å². The molecule has 0 spiro atoms. The Hall–Kier alpha value is -7.48. The maximum Gasteiger partial charge on any atom is 0.697 e. The summed E-state index contributed by atoms with van der Waals surface area (Å²) in [6, 6.07) is 12.8. The van der Waals surface area contributed by atoms with Crippen molar-refractivity contribution in [2.45, 2.75) is 260 Å². The minimum atomic E-state index is -2.11. The van der Waals surface area contributed by atoms with E-state index >= 15 is 0 Å². The van der Waals surface area contributed by atoms with Gasteiger partial charge in [0.05, 0.1) is 104 Å². The molecule has 7 rings (SSSR count). The molecule has 754 valence electrons. The predicted molar refractivity (Wildman–Crippen MR) is 481 cm³/mol. The number of amides is 8. The number of anilines is 1. The van der Waals surface area contributed by atoms with Crippen LogP contribution in [0.4, 0.5) is 5.69 Å². The zero-order valence-electron chi connectivity index (χ0n) is 77.3. The second-order valence-corrected chi connectivity index (χ2v) is 35.0. The Balaban J connectivity index is 0.927. The molecule has 16 unspecified atom stereocenters. The largest absolute Gasteiger partial charge is 0.697 e. The Labute approximate surface area is 778 Å². The summed E-state index contributed by atoms with van der Waals surface area (Å²) in [5.74, 6) is 3.16. The molecule has 5 heterocycles. The highest BCUT2D eigenvalue weighted by atomic mass is 31.1. The van der Waals surface area contributed by atoms with E-state index in [-0.39, 0.29) is 161 Å². The van der Waals surface area contributed by atoms with Crippen molar-refractivity contribution in [3.63, 3.8) is 0 Å². The lowest BCUT2D eigenvalue weighted by Gasteiger charge is -2.42. The number of unbranched alkanes of at least 4 members (excludes halogenated alkanes) is 12. The van der Waals surface area contributed by atoms with Gasteiger partial charge in [0, 0.05) is 133 Å². The molecule has 44 heteroatoms. The fourth-order valence-electron chi connectivity index (χ4n) is 16.1. The molecule has 0 bridgehead atoms. The third kappa shape index (κ3) is 39.1. The molecule has 2 aromatic rings. The molecule has 0 saturated carbocycles. The van der Waals surface area contributed by atoms with Gasteiger partial charge in [0.2, 0.25) is 47.3 Å². The third-order valence-electron chi connectivity index (χ3n) is 23.4. The maximum absolute atomic E-state index is 14.8. The van der Waals surface area contributed by atoms with E-state index in [2.05, 4.69) is 54.3 Å². The summed E-state index contributed by atoms with van der Waals surface area (Å²) in [5, 5.41) is 113. The molecule has 43 nitrogen and oxygen atoms in total. The van der Waals surface area contributed by atoms with Crippen LogP contribution < -0.4 is 53.7 Å². The van der Waals surface area contributed by atoms with Crippen molar-refractivity contribution in [1.29, 1.82) is 0 Å². The standard InChI is InChI=1S/C89H147N12O31P/c1-59(105)95-75-82(115)79(112)67(52-102)130-86(75)126-41-21-9-5-17-34-92-70(108)31-45-123-56-89(57-124-46-32-71(109)93-35-18-6-10-22-42-127-87-76(96-60(2)106)83(116)80(113)68(53-103)131-87,58-125-47-33-72(110)94-36-19-7-11-23-43-128-88-77(97-61(3)107)84(117)81(114)69(54-104)132-88)98-85(118)62-29-38-99(39-30-62)73(111)55-122-50-49-121-48-40-101(91)78-65-27-15-16-28-66(65)100(37-20-8-12-24-44-129-133(119)120-4)51-63-25-13-14-26-64(63)74(78)90/h13-16,25-28,62,67-69,75-77,79-84,86-88,102-104,112-117H,5-12,17-24,29-58,90-91H2,1-4H3,(H6-,92,93,94,95,96,97,98,105,106,107,108,109,110,118)/p+1/b78-74-. The van der Waals surface area contributed by atoms with E-state index in [1.165, 1.54) is 27.9 Å². The number of aliphatic hydroxyl groups excluding tert-OH is 9. The number of carbonyl (C=O) groups is 8. The number of aliphatic hydroxyl groups is 9. The Kier molecular flexibility index (Phi) is 52.8. The minimum Gasteiger partial charge on any atom is -0.396 e. The summed E-state index contributed by atoms with van der Waals surface area (Å²) in [6.07, 6.45) is -4.25. The van der Waals surface area contributed by atoms with Crippen molar-refractivity contribution in [2.75, 3.05) is 170 Å². The summed E-state index contributed by atoms with van der Waals surface area (Å²) in [5.41, 5.74) is 10.5. The third-order valence-corrected chi connectivity index (χ3v) is 24.1. The van der Waals surface area contributed by atoms with Crippen LogP contribution in [0.3, 0.4) is 0 Å². The lowest BCUT2D eigenvalue weighted by Crippen LogP contribution is -2.64. The van der Waals surface area contributed by atoms with Gasteiger partial charge in [-0.05, 0) is 75.8 Å². The van der Waals surface area contributed by atoms with Gasteiger partial charge in [-0.15, -0.1) is 9.05 Å². The van der Waals surface area contributed by atoms with Crippen LogP contribution in [0.2, 0.25) is 0 Å². The molecular weight excluding hydrogens is 1760 g/mol. The highest BCUT2D eigenvalue weighted by Crippen LogP contribution is 2.38. The summed E-state index contributed by atoms with van der Waals surface area (Å²) in [4.78, 5) is 108. The van der Waals surface area contributed by atoms with E-state index in [1.807, 2.05) is 36.4 Å². The number of nitrogens with two attached hydrogens (primary N) is 2. The van der Waals surface area contributed by atoms with E-state index < -0.39 is 155 Å². The van der Waals surface area contributed by atoms with Crippen LogP contribution in [0.25, 0.3) is 11.4 Å². The monoisotopic (exact) mass is 1910 g/mol. The molecule has 2 aromatic carbocycles. The van der Waals surface area contributed by atoms with E-state index in [4.69, 9.17) is 72.7 Å². The number of piperidine rings is 1. The normalized spacial score (nSPS) is 24.4. The van der Waals surface area contributed by atoms with E-state index in [9.17, 15) is 88.9 Å². The number of para-hydroxylation sites is 1. The first kappa shape index (κ1) is 113. The SMILES string of the molecule is CO[P+](=O)OCCCCCCN1Cc2ccccc2/C(N)=C(/N(N)CCOCCOCC(=O)N2CCC(C(=O)NC(COCCC(=O)NCCCCCCOC3OC(CO)C(O)C(O)C3NC(C)=O)(COCCC(=O)NCCCCCCOC3OC(CO)C(O)C(O)C3NC(C)=O)COCCC(=O)NCCCCCCOC3OC(CO)C(O)C(O)C3NC(C)=O)CC2)c2ccccc21. The van der Waals surface area contributed by atoms with Crippen LogP contribution in [0, 0.1) is 5.92 Å². The van der Waals surface area contributed by atoms with Crippen LogP contribution in [0.5, 0.6) is 0 Å². The zero-order chi connectivity index (χ0) is 96.5. The molecule has 5 aliphatic heterocycles. The molecule has 133 heavy (non-hydrogen) atoms. The Morgan fingerprint density at radius 2 is 0.902 bits per heavy atom. The second kappa shape index (κ2) is 62.4. The van der Waals surface area contributed by atoms with E-state index in [0.29, 0.717) is 121 Å². The van der Waals surface area contributed by atoms with Gasteiger partial charge in [0.1, 0.15) is 91.8 Å². The van der Waals surface area contributed by atoms with Crippen molar-refractivity contribution >= 4 is 72.6 Å². The van der Waals surface area contributed by atoms with Gasteiger partial charge in [0.15, 0.2) is 18.9 Å². The molecule has 0 aromatic heterocycles. The van der Waals surface area contributed by atoms with Gasteiger partial charge >= 0.3 is 8.25 Å². The maximum atomic E-state index is 14.8. The van der Waals surface area contributed by atoms with Crippen LogP contribution in [0.15, 0.2) is 48.5 Å². The summed E-state index contributed by atoms with van der Waals surface area (Å²) < 4.78 is 86.5. The highest BCUT2D eigenvalue weighted by Gasteiger charge is 2.49. The molecule has 16 atom stereocenters. The average Bonchev–Trinajstić information content (AvgIpc) is 0.771. The number of rotatable bonds is 65. The van der Waals surface area contributed by atoms with Gasteiger partial charge in [-0.2, -0.15) is 0 Å². The van der Waals surface area contributed by atoms with E-state index in [0.717, 1.165) is 54.6 Å². The number of hydrazine groups is 1. The summed E-state index contributed by atoms with van der Waals surface area (Å²) in [7, 11) is -0.760. The lowest BCUT2D eigenvalue weighted by atomic mass is 9.93. The highest BCUT2D eigenvalue weighted by molar-refractivity contribution is 7.33. The lowest BCUT2D eigenvalue weighted by molar-refractivity contribution is -0.270. The van der Waals surface area contributed by atoms with Crippen LogP contribution in [-0.2, 0) is 111 Å². The second-order valence-electron chi connectivity index (χ2n) is 33.9. The van der Waals surface area contributed by atoms with Crippen molar-refractivity contribution in [3.05, 3.63) is 65.2 Å². The quantitative estimate of drug-likeness (QED) is 0.0165. The fraction of sp³-hybridized carbons (Fsp3) is 0.753. The Morgan fingerprint density at radius 1 is 0.496 bits per heavy atom. The molecule has 8 amide bonds. The van der Waals surface area contributed by atoms with Gasteiger partial charge in [-0.25, -0.2) is 5.84 Å². The Bertz CT molecular complexity index is 3620. The fourth-order valence-corrected chi connectivity index (χ4v) is 16.4. The number of hydrogen-bond donors (Lipinski definition) is 18. The number of benzene rings is 2.